The fourth-order valence-electron chi connectivity index (χ4n) is 3.68. The highest BCUT2D eigenvalue weighted by atomic mass is 16.5. The minimum absolute atomic E-state index is 0.142. The van der Waals surface area contributed by atoms with Crippen molar-refractivity contribution in [2.45, 2.75) is 43.7 Å². The summed E-state index contributed by atoms with van der Waals surface area (Å²) in [5, 5.41) is 0. The molecule has 0 aromatic rings. The first-order valence-electron chi connectivity index (χ1n) is 5.21. The van der Waals surface area contributed by atoms with Crippen LogP contribution in [0.25, 0.3) is 0 Å². The van der Waals surface area contributed by atoms with Gasteiger partial charge in [-0.3, -0.25) is 0 Å². The normalized spacial score (nSPS) is 57.2. The van der Waals surface area contributed by atoms with Crippen LogP contribution in [0.2, 0.25) is 0 Å². The van der Waals surface area contributed by atoms with Gasteiger partial charge < -0.3 is 10.5 Å². The summed E-state index contributed by atoms with van der Waals surface area (Å²) in [6, 6.07) is 0.341. The van der Waals surface area contributed by atoms with Crippen molar-refractivity contribution < 1.29 is 4.74 Å². The molecule has 2 nitrogen and oxygen atoms in total. The third-order valence-corrected chi connectivity index (χ3v) is 4.27. The molecule has 1 saturated heterocycles. The maximum absolute atomic E-state index is 6.14. The van der Waals surface area contributed by atoms with Gasteiger partial charge in [-0.1, -0.05) is 0 Å². The van der Waals surface area contributed by atoms with E-state index < -0.39 is 0 Å². The summed E-state index contributed by atoms with van der Waals surface area (Å²) in [6.07, 6.45) is 6.55. The minimum Gasteiger partial charge on any atom is -0.373 e. The summed E-state index contributed by atoms with van der Waals surface area (Å²) in [5.74, 6) is 1.75. The van der Waals surface area contributed by atoms with E-state index in [4.69, 9.17) is 10.5 Å². The molecule has 12 heavy (non-hydrogen) atoms. The average Bonchev–Trinajstić information content (AvgIpc) is 2.69. The molecule has 0 aromatic carbocycles. The van der Waals surface area contributed by atoms with Gasteiger partial charge in [0.25, 0.3) is 0 Å². The first-order valence-corrected chi connectivity index (χ1v) is 5.21. The number of hydrogen-bond donors (Lipinski definition) is 1. The van der Waals surface area contributed by atoms with E-state index in [1.165, 1.54) is 25.7 Å². The Labute approximate surface area is 73.5 Å². The molecule has 2 heteroatoms. The minimum atomic E-state index is 0.142. The Morgan fingerprint density at radius 3 is 2.67 bits per heavy atom. The van der Waals surface area contributed by atoms with E-state index in [2.05, 4.69) is 0 Å². The van der Waals surface area contributed by atoms with Gasteiger partial charge in [-0.2, -0.15) is 0 Å². The quantitative estimate of drug-likeness (QED) is 0.590. The van der Waals surface area contributed by atoms with E-state index in [1.807, 2.05) is 0 Å². The van der Waals surface area contributed by atoms with Crippen LogP contribution in [0.15, 0.2) is 0 Å². The first-order chi connectivity index (χ1) is 5.81. The highest BCUT2D eigenvalue weighted by Gasteiger charge is 2.56. The third kappa shape index (κ3) is 0.728. The summed E-state index contributed by atoms with van der Waals surface area (Å²) in [5.41, 5.74) is 6.28. The van der Waals surface area contributed by atoms with E-state index in [9.17, 15) is 0 Å². The Bertz CT molecular complexity index is 206. The molecule has 0 aromatic heterocycles. The molecule has 4 atom stereocenters. The third-order valence-electron chi connectivity index (χ3n) is 4.27. The zero-order valence-corrected chi connectivity index (χ0v) is 7.46. The lowest BCUT2D eigenvalue weighted by atomic mass is 9.79. The Morgan fingerprint density at radius 2 is 2.17 bits per heavy atom. The highest BCUT2D eigenvalue weighted by Crippen LogP contribution is 2.55. The topological polar surface area (TPSA) is 35.2 Å². The van der Waals surface area contributed by atoms with Crippen molar-refractivity contribution >= 4 is 0 Å². The molecule has 1 heterocycles. The maximum atomic E-state index is 6.14. The number of rotatable bonds is 0. The summed E-state index contributed by atoms with van der Waals surface area (Å²) < 4.78 is 5.92. The Hall–Kier alpha value is -0.0800. The molecule has 0 amide bonds. The molecule has 1 spiro atoms. The summed E-state index contributed by atoms with van der Waals surface area (Å²) >= 11 is 0. The van der Waals surface area contributed by atoms with Gasteiger partial charge in [-0.25, -0.2) is 0 Å². The average molecular weight is 167 g/mol. The van der Waals surface area contributed by atoms with E-state index in [0.717, 1.165) is 24.9 Å². The zero-order valence-electron chi connectivity index (χ0n) is 7.46. The molecule has 3 rings (SSSR count). The molecule has 2 saturated carbocycles. The largest absolute Gasteiger partial charge is 0.373 e. The maximum Gasteiger partial charge on any atom is 0.0864 e. The molecule has 1 aliphatic heterocycles. The number of nitrogens with two attached hydrogens (primary N) is 1. The van der Waals surface area contributed by atoms with E-state index in [-0.39, 0.29) is 5.60 Å². The smallest absolute Gasteiger partial charge is 0.0864 e. The predicted octanol–water partition coefficient (Wildman–Crippen LogP) is 1.29. The molecule has 68 valence electrons. The van der Waals surface area contributed by atoms with Crippen LogP contribution in [0, 0.1) is 11.8 Å². The van der Waals surface area contributed by atoms with Crippen molar-refractivity contribution in [3.05, 3.63) is 0 Å². The van der Waals surface area contributed by atoms with Crippen LogP contribution in [0.5, 0.6) is 0 Å². The van der Waals surface area contributed by atoms with Crippen LogP contribution in [-0.4, -0.2) is 18.2 Å². The molecular weight excluding hydrogens is 150 g/mol. The fourth-order valence-corrected chi connectivity index (χ4v) is 3.68. The fraction of sp³-hybridized carbons (Fsp3) is 1.00. The van der Waals surface area contributed by atoms with Gasteiger partial charge in [-0.05, 0) is 43.9 Å². The lowest BCUT2D eigenvalue weighted by Crippen LogP contribution is -2.48. The van der Waals surface area contributed by atoms with Gasteiger partial charge >= 0.3 is 0 Å². The second kappa shape index (κ2) is 2.24. The van der Waals surface area contributed by atoms with Gasteiger partial charge in [0.1, 0.15) is 0 Å². The lowest BCUT2D eigenvalue weighted by Gasteiger charge is -2.36. The van der Waals surface area contributed by atoms with E-state index >= 15 is 0 Å². The molecule has 2 N–H and O–H groups in total. The van der Waals surface area contributed by atoms with Crippen LogP contribution in [0.3, 0.4) is 0 Å². The van der Waals surface area contributed by atoms with Crippen molar-refractivity contribution in [1.29, 1.82) is 0 Å². The molecular formula is C10H17NO. The zero-order chi connectivity index (χ0) is 8.18. The van der Waals surface area contributed by atoms with E-state index in [1.54, 1.807) is 0 Å². The number of fused-ring (bicyclic) bond motifs is 3. The van der Waals surface area contributed by atoms with Gasteiger partial charge in [0.05, 0.1) is 5.60 Å². The van der Waals surface area contributed by atoms with Crippen molar-refractivity contribution in [2.24, 2.45) is 17.6 Å². The first kappa shape index (κ1) is 7.34. The van der Waals surface area contributed by atoms with Crippen LogP contribution >= 0.6 is 0 Å². The van der Waals surface area contributed by atoms with Gasteiger partial charge in [-0.15, -0.1) is 0 Å². The van der Waals surface area contributed by atoms with Crippen molar-refractivity contribution in [2.75, 3.05) is 6.61 Å². The van der Waals surface area contributed by atoms with Crippen LogP contribution in [-0.2, 0) is 4.74 Å². The highest BCUT2D eigenvalue weighted by molar-refractivity contribution is 5.09. The van der Waals surface area contributed by atoms with Crippen molar-refractivity contribution in [1.82, 2.24) is 0 Å². The second-order valence-electron chi connectivity index (χ2n) is 4.78. The molecule has 2 aliphatic carbocycles. The van der Waals surface area contributed by atoms with Crippen molar-refractivity contribution in [3.8, 4) is 0 Å². The van der Waals surface area contributed by atoms with Gasteiger partial charge in [0.2, 0.25) is 0 Å². The molecule has 4 unspecified atom stereocenters. The van der Waals surface area contributed by atoms with Gasteiger partial charge in [0, 0.05) is 12.6 Å². The van der Waals surface area contributed by atoms with Crippen LogP contribution in [0.1, 0.15) is 32.1 Å². The van der Waals surface area contributed by atoms with Crippen molar-refractivity contribution in [3.63, 3.8) is 0 Å². The number of ether oxygens (including phenoxy) is 1. The Kier molecular flexibility index (Phi) is 1.37. The van der Waals surface area contributed by atoms with Crippen LogP contribution in [0.4, 0.5) is 0 Å². The molecule has 3 fully saturated rings. The van der Waals surface area contributed by atoms with Gasteiger partial charge in [0.15, 0.2) is 0 Å². The lowest BCUT2D eigenvalue weighted by molar-refractivity contribution is -0.0471. The Morgan fingerprint density at radius 1 is 1.25 bits per heavy atom. The Balaban J connectivity index is 1.91. The summed E-state index contributed by atoms with van der Waals surface area (Å²) in [4.78, 5) is 0. The molecule has 3 aliphatic rings. The summed E-state index contributed by atoms with van der Waals surface area (Å²) in [7, 11) is 0. The van der Waals surface area contributed by atoms with Crippen LogP contribution < -0.4 is 5.73 Å². The SMILES string of the molecule is NC1CCOC12CC1CCC2C1. The standard InChI is InChI=1S/C10H17NO/c11-9-3-4-12-10(9)6-7-1-2-8(10)5-7/h7-9H,1-6,11H2. The predicted molar refractivity (Wildman–Crippen MR) is 46.7 cm³/mol. The monoisotopic (exact) mass is 167 g/mol. The second-order valence-corrected chi connectivity index (χ2v) is 4.78. The summed E-state index contributed by atoms with van der Waals surface area (Å²) in [6.45, 7) is 0.907. The number of hydrogen-bond acceptors (Lipinski definition) is 2. The molecule has 0 radical (unpaired) electrons. The molecule has 2 bridgehead atoms. The van der Waals surface area contributed by atoms with E-state index in [0.29, 0.717) is 6.04 Å².